The smallest absolute Gasteiger partial charge is 0.120 e. The summed E-state index contributed by atoms with van der Waals surface area (Å²) in [5.41, 5.74) is 1.27. The largest absolute Gasteiger partial charge is 0.492 e. The molecule has 0 saturated carbocycles. The normalized spacial score (nSPS) is 12.0. The Morgan fingerprint density at radius 1 is 1.50 bits per heavy atom. The lowest BCUT2D eigenvalue weighted by Crippen LogP contribution is -2.29. The van der Waals surface area contributed by atoms with Crippen molar-refractivity contribution in [3.8, 4) is 5.75 Å². The number of rotatable bonds is 5. The minimum atomic E-state index is 0.226. The van der Waals surface area contributed by atoms with Crippen LogP contribution in [0.5, 0.6) is 5.75 Å². The Morgan fingerprint density at radius 2 is 2.25 bits per heavy atom. The molecule has 1 N–H and O–H groups in total. The number of likely N-dealkylation sites (N-methyl/N-ethyl adjacent to an activating group) is 1. The first kappa shape index (κ1) is 13.1. The molecule has 0 radical (unpaired) electrons. The van der Waals surface area contributed by atoms with E-state index in [4.69, 9.17) is 16.3 Å². The van der Waals surface area contributed by atoms with E-state index in [-0.39, 0.29) is 6.04 Å². The van der Waals surface area contributed by atoms with E-state index < -0.39 is 0 Å². The fourth-order valence-corrected chi connectivity index (χ4v) is 1.54. The molecule has 0 aromatic heterocycles. The van der Waals surface area contributed by atoms with Gasteiger partial charge in [-0.05, 0) is 39.1 Å². The van der Waals surface area contributed by atoms with Gasteiger partial charge in [0.25, 0.3) is 0 Å². The Labute approximate surface area is 102 Å². The lowest BCUT2D eigenvalue weighted by Gasteiger charge is -2.14. The third-order valence-corrected chi connectivity index (χ3v) is 2.37. The molecule has 16 heavy (non-hydrogen) atoms. The van der Waals surface area contributed by atoms with E-state index in [0.717, 1.165) is 5.75 Å². The summed E-state index contributed by atoms with van der Waals surface area (Å²) in [5.74, 6) is 0.801. The zero-order chi connectivity index (χ0) is 12.0. The van der Waals surface area contributed by atoms with Crippen LogP contribution in [0.15, 0.2) is 35.9 Å². The van der Waals surface area contributed by atoms with Crippen LogP contribution in [0.25, 0.3) is 0 Å². The minimum Gasteiger partial charge on any atom is -0.492 e. The molecule has 1 unspecified atom stereocenters. The fourth-order valence-electron chi connectivity index (χ4n) is 1.36. The highest BCUT2D eigenvalue weighted by atomic mass is 35.5. The molecule has 0 spiro atoms. The van der Waals surface area contributed by atoms with E-state index in [1.807, 2.05) is 31.3 Å². The molecule has 0 aliphatic heterocycles. The van der Waals surface area contributed by atoms with Crippen molar-refractivity contribution in [3.63, 3.8) is 0 Å². The van der Waals surface area contributed by atoms with E-state index >= 15 is 0 Å². The third-order valence-electron chi connectivity index (χ3n) is 2.13. The molecule has 0 bridgehead atoms. The number of halogens is 1. The summed E-state index contributed by atoms with van der Waals surface area (Å²) in [6, 6.07) is 7.66. The van der Waals surface area contributed by atoms with Crippen LogP contribution in [0.3, 0.4) is 0 Å². The fraction of sp³-hybridized carbons (Fsp3) is 0.385. The summed E-state index contributed by atoms with van der Waals surface area (Å²) >= 11 is 5.87. The van der Waals surface area contributed by atoms with Crippen LogP contribution in [0.4, 0.5) is 0 Å². The maximum atomic E-state index is 5.87. The highest BCUT2D eigenvalue weighted by Gasteiger charge is 2.03. The second kappa shape index (κ2) is 6.56. The van der Waals surface area contributed by atoms with Gasteiger partial charge in [-0.1, -0.05) is 29.3 Å². The zero-order valence-electron chi connectivity index (χ0n) is 9.96. The standard InChI is InChI=1S/C13H18ClNO/c1-10(2)7-12(15-3)9-16-13-6-4-5-11(14)8-13/h4-8,12,15H,9H2,1-3H3. The van der Waals surface area contributed by atoms with Crippen molar-refractivity contribution < 1.29 is 4.74 Å². The molecule has 0 heterocycles. The van der Waals surface area contributed by atoms with Crippen LogP contribution < -0.4 is 10.1 Å². The molecule has 0 amide bonds. The average Bonchev–Trinajstić information content (AvgIpc) is 2.24. The van der Waals surface area contributed by atoms with Gasteiger partial charge in [0.2, 0.25) is 0 Å². The van der Waals surface area contributed by atoms with Crippen molar-refractivity contribution in [2.45, 2.75) is 19.9 Å². The van der Waals surface area contributed by atoms with Crippen molar-refractivity contribution in [1.29, 1.82) is 0 Å². The molecule has 3 heteroatoms. The van der Waals surface area contributed by atoms with Gasteiger partial charge in [0.05, 0.1) is 6.04 Å². The Hall–Kier alpha value is -0.990. The molecule has 1 aromatic rings. The van der Waals surface area contributed by atoms with E-state index in [1.165, 1.54) is 5.57 Å². The molecular weight excluding hydrogens is 222 g/mol. The van der Waals surface area contributed by atoms with Gasteiger partial charge in [-0.2, -0.15) is 0 Å². The predicted octanol–water partition coefficient (Wildman–Crippen LogP) is 3.27. The van der Waals surface area contributed by atoms with Gasteiger partial charge in [-0.25, -0.2) is 0 Å². The SMILES string of the molecule is CNC(C=C(C)C)COc1cccc(Cl)c1. The summed E-state index contributed by atoms with van der Waals surface area (Å²) in [4.78, 5) is 0. The Morgan fingerprint density at radius 3 is 2.81 bits per heavy atom. The summed E-state index contributed by atoms with van der Waals surface area (Å²) in [7, 11) is 1.92. The van der Waals surface area contributed by atoms with Crippen molar-refractivity contribution in [1.82, 2.24) is 5.32 Å². The zero-order valence-corrected chi connectivity index (χ0v) is 10.7. The third kappa shape index (κ3) is 4.69. The lowest BCUT2D eigenvalue weighted by atomic mass is 10.2. The minimum absolute atomic E-state index is 0.226. The van der Waals surface area contributed by atoms with Crippen molar-refractivity contribution in [2.75, 3.05) is 13.7 Å². The van der Waals surface area contributed by atoms with Gasteiger partial charge in [-0.15, -0.1) is 0 Å². The van der Waals surface area contributed by atoms with Crippen molar-refractivity contribution in [2.24, 2.45) is 0 Å². The first-order valence-corrected chi connectivity index (χ1v) is 5.70. The monoisotopic (exact) mass is 239 g/mol. The Bertz CT molecular complexity index is 359. The second-order valence-corrected chi connectivity index (χ2v) is 4.34. The summed E-state index contributed by atoms with van der Waals surface area (Å²) in [6.07, 6.45) is 2.14. The summed E-state index contributed by atoms with van der Waals surface area (Å²) < 4.78 is 5.65. The molecule has 0 saturated heterocycles. The van der Waals surface area contributed by atoms with E-state index in [9.17, 15) is 0 Å². The van der Waals surface area contributed by atoms with Gasteiger partial charge in [-0.3, -0.25) is 0 Å². The molecular formula is C13H18ClNO. The molecule has 0 fully saturated rings. The molecule has 2 nitrogen and oxygen atoms in total. The van der Waals surface area contributed by atoms with E-state index in [1.54, 1.807) is 0 Å². The number of benzene rings is 1. The quantitative estimate of drug-likeness (QED) is 0.797. The van der Waals surface area contributed by atoms with E-state index in [0.29, 0.717) is 11.6 Å². The molecule has 0 aliphatic rings. The second-order valence-electron chi connectivity index (χ2n) is 3.91. The van der Waals surface area contributed by atoms with Crippen LogP contribution in [0.2, 0.25) is 5.02 Å². The van der Waals surface area contributed by atoms with Crippen LogP contribution in [-0.4, -0.2) is 19.7 Å². The molecule has 1 atom stereocenters. The highest BCUT2D eigenvalue weighted by molar-refractivity contribution is 6.30. The first-order chi connectivity index (χ1) is 7.61. The van der Waals surface area contributed by atoms with Gasteiger partial charge in [0.1, 0.15) is 12.4 Å². The summed E-state index contributed by atoms with van der Waals surface area (Å²) in [5, 5.41) is 3.88. The number of allylic oxidation sites excluding steroid dienone is 1. The molecule has 0 aliphatic carbocycles. The van der Waals surface area contributed by atoms with Gasteiger partial charge in [0.15, 0.2) is 0 Å². The number of ether oxygens (including phenoxy) is 1. The van der Waals surface area contributed by atoms with Crippen LogP contribution in [0.1, 0.15) is 13.8 Å². The van der Waals surface area contributed by atoms with Crippen LogP contribution in [-0.2, 0) is 0 Å². The molecule has 1 rings (SSSR count). The summed E-state index contributed by atoms with van der Waals surface area (Å²) in [6.45, 7) is 4.75. The van der Waals surface area contributed by atoms with Gasteiger partial charge in [0, 0.05) is 5.02 Å². The topological polar surface area (TPSA) is 21.3 Å². The maximum Gasteiger partial charge on any atom is 0.120 e. The Kier molecular flexibility index (Phi) is 5.36. The van der Waals surface area contributed by atoms with Gasteiger partial charge >= 0.3 is 0 Å². The first-order valence-electron chi connectivity index (χ1n) is 5.32. The highest BCUT2D eigenvalue weighted by Crippen LogP contribution is 2.17. The van der Waals surface area contributed by atoms with Gasteiger partial charge < -0.3 is 10.1 Å². The van der Waals surface area contributed by atoms with E-state index in [2.05, 4.69) is 25.2 Å². The maximum absolute atomic E-state index is 5.87. The molecule has 1 aromatic carbocycles. The Balaban J connectivity index is 2.53. The molecule has 88 valence electrons. The van der Waals surface area contributed by atoms with Crippen molar-refractivity contribution >= 4 is 11.6 Å². The number of nitrogens with one attached hydrogen (secondary N) is 1. The van der Waals surface area contributed by atoms with Crippen LogP contribution in [0, 0.1) is 0 Å². The van der Waals surface area contributed by atoms with Crippen molar-refractivity contribution in [3.05, 3.63) is 40.9 Å². The number of hydrogen-bond acceptors (Lipinski definition) is 2. The number of hydrogen-bond donors (Lipinski definition) is 1. The predicted molar refractivity (Wildman–Crippen MR) is 69.2 cm³/mol. The average molecular weight is 240 g/mol. The van der Waals surface area contributed by atoms with Crippen LogP contribution >= 0.6 is 11.6 Å². The lowest BCUT2D eigenvalue weighted by molar-refractivity contribution is 0.292.